The average Bonchev–Trinajstić information content (AvgIpc) is 3.21. The van der Waals surface area contributed by atoms with E-state index < -0.39 is 19.1 Å². The summed E-state index contributed by atoms with van der Waals surface area (Å²) in [6, 6.07) is 37.1. The van der Waals surface area contributed by atoms with Gasteiger partial charge < -0.3 is 9.84 Å². The molecule has 0 amide bonds. The maximum atomic E-state index is 13.6. The van der Waals surface area contributed by atoms with E-state index >= 15 is 0 Å². The maximum Gasteiger partial charge on any atom is 0.317 e. The Labute approximate surface area is 217 Å². The molecule has 5 rings (SSSR count). The molecule has 4 aromatic rings. The standard InChI is InChI=1S/C32H27O4P/c1-2-36-32(35)28(29-30(33)26-20-12-13-21-27(26)31(29)34)22-37(23-14-6-3-7-15-23,24-16-8-4-9-17-24)25-18-10-5-11-19-25/h3-21,28H,2,22H2,1H3. The molecule has 1 atom stereocenters. The van der Waals surface area contributed by atoms with Crippen LogP contribution in [0.4, 0.5) is 0 Å². The molecule has 0 saturated carbocycles. The molecule has 4 nitrogen and oxygen atoms in total. The minimum Gasteiger partial charge on any atom is -0.872 e. The summed E-state index contributed by atoms with van der Waals surface area (Å²) < 4.78 is 5.52. The molecule has 0 heterocycles. The zero-order chi connectivity index (χ0) is 25.8. The number of rotatable bonds is 8. The summed E-state index contributed by atoms with van der Waals surface area (Å²) in [5, 5.41) is 16.8. The lowest BCUT2D eigenvalue weighted by molar-refractivity contribution is -0.244. The van der Waals surface area contributed by atoms with E-state index in [0.29, 0.717) is 11.1 Å². The Morgan fingerprint density at radius 3 is 1.59 bits per heavy atom. The molecule has 0 radical (unpaired) electrons. The van der Waals surface area contributed by atoms with E-state index in [4.69, 9.17) is 4.74 Å². The van der Waals surface area contributed by atoms with Gasteiger partial charge in [0.25, 0.3) is 0 Å². The first-order valence-corrected chi connectivity index (χ1v) is 14.3. The van der Waals surface area contributed by atoms with Gasteiger partial charge in [-0.2, -0.15) is 0 Å². The number of carbonyl (C=O) groups excluding carboxylic acids is 2. The fraction of sp³-hybridized carbons (Fsp3) is 0.125. The number of fused-ring (bicyclic) bond motifs is 1. The molecule has 0 fully saturated rings. The van der Waals surface area contributed by atoms with Crippen LogP contribution in [0.2, 0.25) is 0 Å². The zero-order valence-corrected chi connectivity index (χ0v) is 21.4. The first-order valence-electron chi connectivity index (χ1n) is 12.3. The van der Waals surface area contributed by atoms with E-state index in [0.717, 1.165) is 15.9 Å². The largest absolute Gasteiger partial charge is 0.872 e. The van der Waals surface area contributed by atoms with Crippen molar-refractivity contribution in [3.05, 3.63) is 132 Å². The summed E-state index contributed by atoms with van der Waals surface area (Å²) in [5.41, 5.74) is 0.701. The van der Waals surface area contributed by atoms with Gasteiger partial charge in [-0.15, -0.1) is 0 Å². The SMILES string of the molecule is CCOC(=O)C(C[P+](c1ccccc1)(c1ccccc1)c1ccccc1)C1=C([O-])c2ccccc2C1=O. The predicted molar refractivity (Wildman–Crippen MR) is 148 cm³/mol. The Balaban J connectivity index is 1.77. The summed E-state index contributed by atoms with van der Waals surface area (Å²) in [6.07, 6.45) is 0.269. The second-order valence-corrected chi connectivity index (χ2v) is 12.5. The van der Waals surface area contributed by atoms with Gasteiger partial charge in [0.15, 0.2) is 5.78 Å². The Morgan fingerprint density at radius 1 is 0.730 bits per heavy atom. The summed E-state index contributed by atoms with van der Waals surface area (Å²) in [5.74, 6) is -2.32. The normalized spacial score (nSPS) is 13.8. The van der Waals surface area contributed by atoms with Crippen LogP contribution in [0, 0.1) is 5.92 Å². The monoisotopic (exact) mass is 506 g/mol. The lowest BCUT2D eigenvalue weighted by atomic mass is 9.97. The highest BCUT2D eigenvalue weighted by Gasteiger charge is 2.51. The van der Waals surface area contributed by atoms with E-state index in [1.54, 1.807) is 31.2 Å². The highest BCUT2D eigenvalue weighted by atomic mass is 31.2. The minimum atomic E-state index is -2.51. The van der Waals surface area contributed by atoms with Crippen LogP contribution in [0.15, 0.2) is 121 Å². The van der Waals surface area contributed by atoms with Crippen molar-refractivity contribution in [2.45, 2.75) is 6.92 Å². The van der Waals surface area contributed by atoms with Gasteiger partial charge in [-0.3, -0.25) is 9.59 Å². The maximum absolute atomic E-state index is 13.6. The topological polar surface area (TPSA) is 66.4 Å². The van der Waals surface area contributed by atoms with Gasteiger partial charge in [-0.1, -0.05) is 84.6 Å². The average molecular weight is 507 g/mol. The zero-order valence-electron chi connectivity index (χ0n) is 20.5. The Morgan fingerprint density at radius 2 is 1.16 bits per heavy atom. The number of hydrogen-bond acceptors (Lipinski definition) is 4. The van der Waals surface area contributed by atoms with Crippen LogP contribution in [0.1, 0.15) is 22.8 Å². The van der Waals surface area contributed by atoms with Crippen molar-refractivity contribution >= 4 is 40.7 Å². The quantitative estimate of drug-likeness (QED) is 0.266. The third kappa shape index (κ3) is 4.39. The molecule has 4 aromatic carbocycles. The number of hydrogen-bond donors (Lipinski definition) is 0. The number of ether oxygens (including phenoxy) is 1. The summed E-state index contributed by atoms with van der Waals surface area (Å²) >= 11 is 0. The molecule has 0 aromatic heterocycles. The van der Waals surface area contributed by atoms with Crippen LogP contribution in [-0.4, -0.2) is 24.5 Å². The van der Waals surface area contributed by atoms with Crippen LogP contribution in [0.25, 0.3) is 5.76 Å². The lowest BCUT2D eigenvalue weighted by Gasteiger charge is -2.31. The highest BCUT2D eigenvalue weighted by molar-refractivity contribution is 7.95. The second-order valence-electron chi connectivity index (χ2n) is 8.92. The van der Waals surface area contributed by atoms with E-state index in [1.807, 2.05) is 54.6 Å². The summed E-state index contributed by atoms with van der Waals surface area (Å²) in [6.45, 7) is 1.89. The smallest absolute Gasteiger partial charge is 0.317 e. The molecule has 0 aliphatic heterocycles. The molecule has 0 saturated heterocycles. The second kappa shape index (κ2) is 10.5. The molecule has 0 bridgehead atoms. The van der Waals surface area contributed by atoms with Crippen molar-refractivity contribution < 1.29 is 19.4 Å². The van der Waals surface area contributed by atoms with E-state index in [2.05, 4.69) is 36.4 Å². The van der Waals surface area contributed by atoms with Crippen molar-refractivity contribution in [1.82, 2.24) is 0 Å². The van der Waals surface area contributed by atoms with Crippen molar-refractivity contribution in [1.29, 1.82) is 0 Å². The van der Waals surface area contributed by atoms with Crippen LogP contribution in [-0.2, 0) is 9.53 Å². The number of ketones is 1. The molecule has 0 spiro atoms. The fourth-order valence-corrected chi connectivity index (χ4v) is 9.65. The van der Waals surface area contributed by atoms with Gasteiger partial charge in [0.2, 0.25) is 0 Å². The summed E-state index contributed by atoms with van der Waals surface area (Å²) in [7, 11) is -2.51. The number of Topliss-reactive ketones (excluding diaryl/α,β-unsaturated/α-hetero) is 1. The van der Waals surface area contributed by atoms with Gasteiger partial charge in [-0.05, 0) is 48.9 Å². The molecular weight excluding hydrogens is 479 g/mol. The first kappa shape index (κ1) is 24.7. The first-order chi connectivity index (χ1) is 18.1. The third-order valence-corrected chi connectivity index (χ3v) is 11.3. The van der Waals surface area contributed by atoms with Crippen LogP contribution < -0.4 is 21.0 Å². The Hall–Kier alpha value is -4.01. The van der Waals surface area contributed by atoms with Crippen molar-refractivity contribution in [3.63, 3.8) is 0 Å². The van der Waals surface area contributed by atoms with Crippen molar-refractivity contribution in [2.24, 2.45) is 5.92 Å². The van der Waals surface area contributed by atoms with E-state index in [9.17, 15) is 14.7 Å². The molecule has 0 N–H and O–H groups in total. The van der Waals surface area contributed by atoms with E-state index in [-0.39, 0.29) is 29.9 Å². The number of carbonyl (C=O) groups is 2. The van der Waals surface area contributed by atoms with Crippen LogP contribution in [0.5, 0.6) is 0 Å². The van der Waals surface area contributed by atoms with Gasteiger partial charge in [-0.25, -0.2) is 0 Å². The third-order valence-electron chi connectivity index (χ3n) is 6.87. The molecule has 1 aliphatic carbocycles. The van der Waals surface area contributed by atoms with Crippen molar-refractivity contribution in [3.8, 4) is 0 Å². The van der Waals surface area contributed by atoms with Gasteiger partial charge in [0.05, 0.1) is 12.8 Å². The Bertz CT molecular complexity index is 1350. The molecule has 37 heavy (non-hydrogen) atoms. The molecule has 1 unspecified atom stereocenters. The van der Waals surface area contributed by atoms with Gasteiger partial charge in [0.1, 0.15) is 29.1 Å². The van der Waals surface area contributed by atoms with Gasteiger partial charge in [0, 0.05) is 11.1 Å². The highest BCUT2D eigenvalue weighted by Crippen LogP contribution is 2.58. The van der Waals surface area contributed by atoms with E-state index in [1.165, 1.54) is 0 Å². The minimum absolute atomic E-state index is 0.00631. The molecule has 1 aliphatic rings. The number of benzene rings is 4. The summed E-state index contributed by atoms with van der Waals surface area (Å²) in [4.78, 5) is 27.2. The predicted octanol–water partition coefficient (Wildman–Crippen LogP) is 4.13. The molecule has 5 heteroatoms. The molecular formula is C32H27O4P. The van der Waals surface area contributed by atoms with Crippen LogP contribution in [0.3, 0.4) is 0 Å². The fourth-order valence-electron chi connectivity index (χ4n) is 5.20. The number of esters is 1. The lowest BCUT2D eigenvalue weighted by Crippen LogP contribution is -2.39. The van der Waals surface area contributed by atoms with Crippen molar-refractivity contribution in [2.75, 3.05) is 12.8 Å². The Kier molecular flexibility index (Phi) is 7.03. The van der Waals surface area contributed by atoms with Gasteiger partial charge >= 0.3 is 5.97 Å². The molecule has 184 valence electrons. The van der Waals surface area contributed by atoms with Crippen LogP contribution >= 0.6 is 7.26 Å².